The molecule has 0 fully saturated rings. The number of anilines is 1. The molecule has 1 aliphatic carbocycles. The molecule has 9 heteroatoms. The van der Waals surface area contributed by atoms with Gasteiger partial charge in [-0.25, -0.2) is 17.6 Å². The molecule has 0 bridgehead atoms. The lowest BCUT2D eigenvalue weighted by Crippen LogP contribution is -2.16. The average molecular weight is 468 g/mol. The van der Waals surface area contributed by atoms with Crippen LogP contribution in [-0.4, -0.2) is 18.2 Å². The van der Waals surface area contributed by atoms with Crippen LogP contribution in [0.4, 0.5) is 23.2 Å². The highest BCUT2D eigenvalue weighted by molar-refractivity contribution is 6.04. The highest BCUT2D eigenvalue weighted by atomic mass is 19.2. The number of aromatic nitrogens is 1. The number of hydrogen-bond acceptors (Lipinski definition) is 4. The molecule has 34 heavy (non-hydrogen) atoms. The van der Waals surface area contributed by atoms with Crippen LogP contribution in [0, 0.1) is 23.3 Å². The molecule has 0 spiro atoms. The molecule has 0 aliphatic heterocycles. The summed E-state index contributed by atoms with van der Waals surface area (Å²) >= 11 is 0. The van der Waals surface area contributed by atoms with E-state index in [0.717, 1.165) is 34.6 Å². The largest absolute Gasteiger partial charge is 0.497 e. The van der Waals surface area contributed by atoms with Gasteiger partial charge in [0.15, 0.2) is 29.0 Å². The van der Waals surface area contributed by atoms with Crippen molar-refractivity contribution in [3.05, 3.63) is 88.5 Å². The summed E-state index contributed by atoms with van der Waals surface area (Å²) in [4.78, 5) is 12.3. The van der Waals surface area contributed by atoms with Crippen molar-refractivity contribution in [2.75, 3.05) is 12.4 Å². The number of carbonyl (C=O) groups is 1. The van der Waals surface area contributed by atoms with E-state index in [1.165, 1.54) is 12.1 Å². The highest BCUT2D eigenvalue weighted by Crippen LogP contribution is 2.39. The van der Waals surface area contributed by atoms with Crippen LogP contribution in [0.5, 0.6) is 5.75 Å². The van der Waals surface area contributed by atoms with Crippen molar-refractivity contribution >= 4 is 11.6 Å². The molecule has 1 aliphatic rings. The summed E-state index contributed by atoms with van der Waals surface area (Å²) < 4.78 is 64.8. The first kappa shape index (κ1) is 21.7. The van der Waals surface area contributed by atoms with E-state index >= 15 is 0 Å². The fourth-order valence-electron chi connectivity index (χ4n) is 4.02. The highest BCUT2D eigenvalue weighted by Gasteiger charge is 2.26. The zero-order valence-electron chi connectivity index (χ0n) is 17.7. The SMILES string of the molecule is COc1ccc2c(c1)CCc1c-2noc1-c1ccc(NC(=O)c2cc(F)c(F)c(F)c2F)cc1. The predicted molar refractivity (Wildman–Crippen MR) is 116 cm³/mol. The van der Waals surface area contributed by atoms with Crippen molar-refractivity contribution < 1.29 is 31.6 Å². The van der Waals surface area contributed by atoms with Crippen LogP contribution < -0.4 is 10.1 Å². The first-order valence-electron chi connectivity index (χ1n) is 10.3. The second-order valence-electron chi connectivity index (χ2n) is 7.74. The summed E-state index contributed by atoms with van der Waals surface area (Å²) in [5.74, 6) is -7.20. The van der Waals surface area contributed by atoms with E-state index in [2.05, 4.69) is 10.5 Å². The molecule has 3 aromatic carbocycles. The molecule has 0 saturated heterocycles. The van der Waals surface area contributed by atoms with Gasteiger partial charge in [-0.1, -0.05) is 5.16 Å². The van der Waals surface area contributed by atoms with Gasteiger partial charge < -0.3 is 14.6 Å². The predicted octanol–water partition coefficient (Wildman–Crippen LogP) is 5.92. The molecule has 5 rings (SSSR count). The third-order valence-corrected chi connectivity index (χ3v) is 5.75. The molecule has 4 aromatic rings. The lowest BCUT2D eigenvalue weighted by Gasteiger charge is -2.16. The fraction of sp³-hybridized carbons (Fsp3) is 0.120. The van der Waals surface area contributed by atoms with Crippen molar-refractivity contribution in [2.24, 2.45) is 0 Å². The van der Waals surface area contributed by atoms with E-state index in [9.17, 15) is 22.4 Å². The van der Waals surface area contributed by atoms with E-state index in [-0.39, 0.29) is 5.69 Å². The van der Waals surface area contributed by atoms with Gasteiger partial charge in [-0.05, 0) is 66.9 Å². The van der Waals surface area contributed by atoms with Gasteiger partial charge in [-0.15, -0.1) is 0 Å². The molecule has 0 unspecified atom stereocenters. The first-order chi connectivity index (χ1) is 16.4. The first-order valence-corrected chi connectivity index (χ1v) is 10.3. The Kier molecular flexibility index (Phi) is 5.31. The monoisotopic (exact) mass is 468 g/mol. The number of nitrogens with one attached hydrogen (secondary N) is 1. The van der Waals surface area contributed by atoms with Gasteiger partial charge in [0, 0.05) is 22.4 Å². The van der Waals surface area contributed by atoms with Crippen molar-refractivity contribution in [2.45, 2.75) is 12.8 Å². The van der Waals surface area contributed by atoms with E-state index in [1.54, 1.807) is 19.2 Å². The Labute approximate surface area is 191 Å². The Bertz CT molecular complexity index is 1430. The van der Waals surface area contributed by atoms with Crippen molar-refractivity contribution in [3.8, 4) is 28.3 Å². The van der Waals surface area contributed by atoms with Gasteiger partial charge in [-0.3, -0.25) is 4.79 Å². The Morgan fingerprint density at radius 2 is 1.74 bits per heavy atom. The lowest BCUT2D eigenvalue weighted by molar-refractivity contribution is 0.102. The zero-order chi connectivity index (χ0) is 24.0. The van der Waals surface area contributed by atoms with Crippen LogP contribution in [0.25, 0.3) is 22.6 Å². The van der Waals surface area contributed by atoms with Crippen LogP contribution in [0.3, 0.4) is 0 Å². The molecule has 0 atom stereocenters. The van der Waals surface area contributed by atoms with E-state index in [1.807, 2.05) is 18.2 Å². The normalized spacial score (nSPS) is 12.1. The smallest absolute Gasteiger partial charge is 0.258 e. The third-order valence-electron chi connectivity index (χ3n) is 5.75. The summed E-state index contributed by atoms with van der Waals surface area (Å²) in [5.41, 5.74) is 3.80. The van der Waals surface area contributed by atoms with Gasteiger partial charge >= 0.3 is 0 Å². The molecule has 1 heterocycles. The Morgan fingerprint density at radius 3 is 2.47 bits per heavy atom. The molecule has 1 amide bonds. The summed E-state index contributed by atoms with van der Waals surface area (Å²) in [5, 5.41) is 6.58. The maximum atomic E-state index is 13.9. The number of hydrogen-bond donors (Lipinski definition) is 1. The number of amides is 1. The van der Waals surface area contributed by atoms with Gasteiger partial charge in [0.1, 0.15) is 11.4 Å². The Morgan fingerprint density at radius 1 is 0.971 bits per heavy atom. The maximum Gasteiger partial charge on any atom is 0.258 e. The minimum Gasteiger partial charge on any atom is -0.497 e. The summed E-state index contributed by atoms with van der Waals surface area (Å²) in [6, 6.07) is 12.5. The van der Waals surface area contributed by atoms with Gasteiger partial charge in [-0.2, -0.15) is 0 Å². The standard InChI is InChI=1S/C25H16F4N2O3/c1-33-15-7-9-16-13(10-15)4-8-17-23(16)31-34-24(17)12-2-5-14(6-3-12)30-25(32)18-11-19(26)21(28)22(29)20(18)27/h2-3,5-7,9-11H,4,8H2,1H3,(H,30,32). The number of ether oxygens (including phenoxy) is 1. The van der Waals surface area contributed by atoms with Crippen molar-refractivity contribution in [1.29, 1.82) is 0 Å². The second kappa shape index (κ2) is 8.33. The lowest BCUT2D eigenvalue weighted by atomic mass is 9.88. The number of rotatable bonds is 4. The zero-order valence-corrected chi connectivity index (χ0v) is 17.7. The summed E-state index contributed by atoms with van der Waals surface area (Å²) in [6.07, 6.45) is 1.51. The minimum absolute atomic E-state index is 0.240. The molecule has 0 radical (unpaired) electrons. The van der Waals surface area contributed by atoms with E-state index in [0.29, 0.717) is 23.8 Å². The van der Waals surface area contributed by atoms with Gasteiger partial charge in [0.2, 0.25) is 0 Å². The van der Waals surface area contributed by atoms with Crippen LogP contribution in [0.15, 0.2) is 53.1 Å². The number of aryl methyl sites for hydroxylation is 1. The van der Waals surface area contributed by atoms with Crippen LogP contribution in [-0.2, 0) is 12.8 Å². The molecular weight excluding hydrogens is 452 g/mol. The topological polar surface area (TPSA) is 64.4 Å². The van der Waals surface area contributed by atoms with Crippen LogP contribution in [0.2, 0.25) is 0 Å². The van der Waals surface area contributed by atoms with Crippen LogP contribution >= 0.6 is 0 Å². The number of methoxy groups -OCH3 is 1. The Hall–Kier alpha value is -4.14. The van der Waals surface area contributed by atoms with Crippen LogP contribution in [0.1, 0.15) is 21.5 Å². The molecule has 1 N–H and O–H groups in total. The number of halogens is 4. The minimum atomic E-state index is -2.05. The van der Waals surface area contributed by atoms with Crippen molar-refractivity contribution in [3.63, 3.8) is 0 Å². The van der Waals surface area contributed by atoms with Gasteiger partial charge in [0.25, 0.3) is 5.91 Å². The summed E-state index contributed by atoms with van der Waals surface area (Å²) in [6.45, 7) is 0. The summed E-state index contributed by atoms with van der Waals surface area (Å²) in [7, 11) is 1.61. The maximum absolute atomic E-state index is 13.9. The van der Waals surface area contributed by atoms with Gasteiger partial charge in [0.05, 0.1) is 12.7 Å². The third kappa shape index (κ3) is 3.59. The molecule has 172 valence electrons. The molecular formula is C25H16F4N2O3. The second-order valence-corrected chi connectivity index (χ2v) is 7.74. The fourth-order valence-corrected chi connectivity index (χ4v) is 4.02. The number of fused-ring (bicyclic) bond motifs is 3. The molecule has 5 nitrogen and oxygen atoms in total. The van der Waals surface area contributed by atoms with E-state index in [4.69, 9.17) is 9.26 Å². The molecule has 1 aromatic heterocycles. The Balaban J connectivity index is 1.39. The average Bonchev–Trinajstić information content (AvgIpc) is 3.29. The number of nitrogens with zero attached hydrogens (tertiary/aromatic N) is 1. The number of carbonyl (C=O) groups excluding carboxylic acids is 1. The quantitative estimate of drug-likeness (QED) is 0.229. The molecule has 0 saturated carbocycles. The number of benzene rings is 3. The van der Waals surface area contributed by atoms with E-state index < -0.39 is 34.7 Å². The van der Waals surface area contributed by atoms with Crippen molar-refractivity contribution in [1.82, 2.24) is 5.16 Å².